The van der Waals surface area contributed by atoms with E-state index in [4.69, 9.17) is 16.6 Å². The zero-order chi connectivity index (χ0) is 8.85. The zero-order valence-corrected chi connectivity index (χ0v) is 6.12. The quantitative estimate of drug-likeness (QED) is 0.463. The van der Waals surface area contributed by atoms with Gasteiger partial charge in [0.05, 0.1) is 0 Å². The molecule has 5 nitrogen and oxygen atoms in total. The molecule has 0 radical (unpaired) electrons. The molecular weight excluding hydrogens is 148 g/mol. The van der Waals surface area contributed by atoms with Gasteiger partial charge in [-0.15, -0.1) is 0 Å². The van der Waals surface area contributed by atoms with E-state index < -0.39 is 12.0 Å². The van der Waals surface area contributed by atoms with E-state index in [2.05, 4.69) is 0 Å². The van der Waals surface area contributed by atoms with Crippen LogP contribution in [0.3, 0.4) is 0 Å². The van der Waals surface area contributed by atoms with Gasteiger partial charge in [0, 0.05) is 12.8 Å². The van der Waals surface area contributed by atoms with Crippen LogP contribution >= 0.6 is 0 Å². The van der Waals surface area contributed by atoms with E-state index in [-0.39, 0.29) is 25.2 Å². The predicted octanol–water partition coefficient (Wildman–Crippen LogP) is -1.29. The van der Waals surface area contributed by atoms with E-state index in [1.165, 1.54) is 0 Å². The minimum Gasteiger partial charge on any atom is -0.480 e. The maximum atomic E-state index is 10.7. The van der Waals surface area contributed by atoms with Crippen molar-refractivity contribution in [2.24, 2.45) is 11.5 Å². The standard InChI is InChI=1S/C6H12N2O3/c7-2-1-4(9)3-5(8)6(10)11/h5H,1-3,7-8H2,(H,10,11). The molecule has 0 fully saturated rings. The number of ketones is 1. The van der Waals surface area contributed by atoms with Crippen LogP contribution in [0.4, 0.5) is 0 Å². The van der Waals surface area contributed by atoms with Crippen LogP contribution < -0.4 is 11.5 Å². The molecule has 0 rings (SSSR count). The van der Waals surface area contributed by atoms with Gasteiger partial charge in [-0.2, -0.15) is 0 Å². The third-order valence-corrected chi connectivity index (χ3v) is 1.19. The molecule has 1 atom stereocenters. The summed E-state index contributed by atoms with van der Waals surface area (Å²) in [5.74, 6) is -1.36. The normalized spacial score (nSPS) is 12.5. The van der Waals surface area contributed by atoms with Gasteiger partial charge in [-0.3, -0.25) is 9.59 Å². The molecule has 5 heteroatoms. The summed E-state index contributed by atoms with van der Waals surface area (Å²) in [6, 6.07) is -1.09. The number of Topliss-reactive ketones (excluding diaryl/α,β-unsaturated/α-hetero) is 1. The molecule has 0 aromatic heterocycles. The van der Waals surface area contributed by atoms with Crippen molar-refractivity contribution in [3.8, 4) is 0 Å². The number of hydrogen-bond donors (Lipinski definition) is 3. The number of carbonyl (C=O) groups is 2. The lowest BCUT2D eigenvalue weighted by Gasteiger charge is -2.03. The lowest BCUT2D eigenvalue weighted by molar-refractivity contribution is -0.140. The summed E-state index contributed by atoms with van der Waals surface area (Å²) in [6.45, 7) is 0.241. The highest BCUT2D eigenvalue weighted by Gasteiger charge is 2.14. The number of nitrogens with two attached hydrogens (primary N) is 2. The number of hydrogen-bond acceptors (Lipinski definition) is 4. The van der Waals surface area contributed by atoms with E-state index >= 15 is 0 Å². The topological polar surface area (TPSA) is 106 Å². The maximum absolute atomic E-state index is 10.7. The Bertz CT molecular complexity index is 158. The van der Waals surface area contributed by atoms with Crippen LogP contribution in [0.1, 0.15) is 12.8 Å². The molecule has 0 heterocycles. The van der Waals surface area contributed by atoms with Crippen LogP contribution in [0.25, 0.3) is 0 Å². The molecule has 5 N–H and O–H groups in total. The average molecular weight is 160 g/mol. The monoisotopic (exact) mass is 160 g/mol. The molecule has 64 valence electrons. The first-order valence-corrected chi connectivity index (χ1v) is 3.28. The minimum absolute atomic E-state index is 0.132. The van der Waals surface area contributed by atoms with Gasteiger partial charge in [-0.1, -0.05) is 0 Å². The molecule has 0 aromatic carbocycles. The van der Waals surface area contributed by atoms with Crippen molar-refractivity contribution < 1.29 is 14.7 Å². The predicted molar refractivity (Wildman–Crippen MR) is 38.9 cm³/mol. The van der Waals surface area contributed by atoms with Crippen molar-refractivity contribution in [2.45, 2.75) is 18.9 Å². The molecule has 0 aliphatic heterocycles. The molecule has 0 aliphatic carbocycles. The van der Waals surface area contributed by atoms with Crippen molar-refractivity contribution in [3.05, 3.63) is 0 Å². The fraction of sp³-hybridized carbons (Fsp3) is 0.667. The first-order chi connectivity index (χ1) is 5.07. The van der Waals surface area contributed by atoms with E-state index in [1.807, 2.05) is 0 Å². The molecular formula is C6H12N2O3. The lowest BCUT2D eigenvalue weighted by Crippen LogP contribution is -2.32. The van der Waals surface area contributed by atoms with E-state index in [0.29, 0.717) is 0 Å². The Balaban J connectivity index is 3.66. The largest absolute Gasteiger partial charge is 0.480 e. The Kier molecular flexibility index (Phi) is 4.40. The first kappa shape index (κ1) is 10.1. The number of carboxylic acids is 1. The van der Waals surface area contributed by atoms with Crippen molar-refractivity contribution in [1.29, 1.82) is 0 Å². The SMILES string of the molecule is NCCC(=O)CC(N)C(=O)O. The molecule has 0 aliphatic rings. The second-order valence-electron chi connectivity index (χ2n) is 2.23. The fourth-order valence-electron chi connectivity index (χ4n) is 0.596. The summed E-state index contributed by atoms with van der Waals surface area (Å²) in [5.41, 5.74) is 10.2. The van der Waals surface area contributed by atoms with E-state index in [1.54, 1.807) is 0 Å². The highest BCUT2D eigenvalue weighted by molar-refractivity contribution is 5.85. The molecule has 0 saturated heterocycles. The molecule has 0 bridgehead atoms. The van der Waals surface area contributed by atoms with E-state index in [9.17, 15) is 9.59 Å². The maximum Gasteiger partial charge on any atom is 0.320 e. The van der Waals surface area contributed by atoms with Gasteiger partial charge in [-0.25, -0.2) is 0 Å². The Morgan fingerprint density at radius 3 is 2.36 bits per heavy atom. The van der Waals surface area contributed by atoms with Crippen molar-refractivity contribution in [2.75, 3.05) is 6.54 Å². The van der Waals surface area contributed by atoms with Crippen molar-refractivity contribution in [1.82, 2.24) is 0 Å². The second-order valence-corrected chi connectivity index (χ2v) is 2.23. The van der Waals surface area contributed by atoms with Gasteiger partial charge in [0.15, 0.2) is 0 Å². The Morgan fingerprint density at radius 1 is 1.45 bits per heavy atom. The summed E-state index contributed by atoms with van der Waals surface area (Å²) in [4.78, 5) is 20.9. The highest BCUT2D eigenvalue weighted by atomic mass is 16.4. The average Bonchev–Trinajstić information content (AvgIpc) is 1.87. The van der Waals surface area contributed by atoms with Gasteiger partial charge in [0.2, 0.25) is 0 Å². The summed E-state index contributed by atoms with van der Waals surface area (Å²) in [6.07, 6.45) is 0.0630. The molecule has 11 heavy (non-hydrogen) atoms. The van der Waals surface area contributed by atoms with Gasteiger partial charge in [0.25, 0.3) is 0 Å². The Morgan fingerprint density at radius 2 is 2.00 bits per heavy atom. The number of rotatable bonds is 5. The highest BCUT2D eigenvalue weighted by Crippen LogP contribution is 1.92. The molecule has 0 aromatic rings. The summed E-state index contributed by atoms with van der Waals surface area (Å²) >= 11 is 0. The van der Waals surface area contributed by atoms with Gasteiger partial charge >= 0.3 is 5.97 Å². The lowest BCUT2D eigenvalue weighted by atomic mass is 10.1. The van der Waals surface area contributed by atoms with Crippen LogP contribution in [0, 0.1) is 0 Å². The van der Waals surface area contributed by atoms with Crippen LogP contribution in [0.5, 0.6) is 0 Å². The van der Waals surface area contributed by atoms with Gasteiger partial charge in [0.1, 0.15) is 11.8 Å². The van der Waals surface area contributed by atoms with Gasteiger partial charge < -0.3 is 16.6 Å². The first-order valence-electron chi connectivity index (χ1n) is 3.28. The third-order valence-electron chi connectivity index (χ3n) is 1.19. The van der Waals surface area contributed by atoms with Crippen LogP contribution in [0.2, 0.25) is 0 Å². The summed E-state index contributed by atoms with van der Waals surface area (Å²) < 4.78 is 0. The van der Waals surface area contributed by atoms with Crippen LogP contribution in [0.15, 0.2) is 0 Å². The van der Waals surface area contributed by atoms with Crippen molar-refractivity contribution >= 4 is 11.8 Å². The number of aliphatic carboxylic acids is 1. The number of carbonyl (C=O) groups excluding carboxylic acids is 1. The number of carboxylic acid groups (broad SMARTS) is 1. The molecule has 1 unspecified atom stereocenters. The van der Waals surface area contributed by atoms with Crippen LogP contribution in [-0.4, -0.2) is 29.4 Å². The third kappa shape index (κ3) is 4.46. The molecule has 0 amide bonds. The second kappa shape index (κ2) is 4.81. The minimum atomic E-state index is -1.16. The molecule has 0 spiro atoms. The molecule has 0 saturated carbocycles. The van der Waals surface area contributed by atoms with E-state index in [0.717, 1.165) is 0 Å². The fourth-order valence-corrected chi connectivity index (χ4v) is 0.596. The Labute approximate surface area is 64.4 Å². The van der Waals surface area contributed by atoms with Crippen LogP contribution in [-0.2, 0) is 9.59 Å². The Hall–Kier alpha value is -0.940. The summed E-state index contributed by atoms with van der Waals surface area (Å²) in [5, 5.41) is 8.29. The van der Waals surface area contributed by atoms with Gasteiger partial charge in [-0.05, 0) is 6.54 Å². The zero-order valence-electron chi connectivity index (χ0n) is 6.12. The smallest absolute Gasteiger partial charge is 0.320 e. The summed E-state index contributed by atoms with van der Waals surface area (Å²) in [7, 11) is 0. The van der Waals surface area contributed by atoms with Crippen molar-refractivity contribution in [3.63, 3.8) is 0 Å².